The summed E-state index contributed by atoms with van der Waals surface area (Å²) in [7, 11) is 0. The van der Waals surface area contributed by atoms with Crippen LogP contribution < -0.4 is 9.80 Å². The molecule has 0 fully saturated rings. The van der Waals surface area contributed by atoms with E-state index in [0.717, 1.165) is 151 Å². The Morgan fingerprint density at radius 3 is 1.38 bits per heavy atom. The highest BCUT2D eigenvalue weighted by Crippen LogP contribution is 2.59. The highest BCUT2D eigenvalue weighted by Gasteiger charge is 2.43. The first-order valence-electron chi connectivity index (χ1n) is 29.8. The van der Waals surface area contributed by atoms with E-state index in [4.69, 9.17) is 23.2 Å². The van der Waals surface area contributed by atoms with Crippen molar-refractivity contribution >= 4 is 100 Å². The maximum Gasteiger partial charge on any atom is 0.145 e. The lowest BCUT2D eigenvalue weighted by Crippen LogP contribution is -2.21. The number of rotatable bonds is 9. The van der Waals surface area contributed by atoms with Crippen molar-refractivity contribution in [3.8, 4) is 33.4 Å². The Bertz CT molecular complexity index is 5010. The summed E-state index contributed by atoms with van der Waals surface area (Å²) >= 11 is 0. The number of para-hydroxylation sites is 5. The summed E-state index contributed by atoms with van der Waals surface area (Å²) in [6, 6.07) is 70.2. The number of fused-ring (bicyclic) bond motifs is 13. The number of pyridine rings is 2. The lowest BCUT2D eigenvalue weighted by Gasteiger charge is -2.32. The molecule has 5 aromatic heterocycles. The maximum absolute atomic E-state index is 7.34. The average Bonchev–Trinajstić information content (AvgIpc) is 1.57. The Labute approximate surface area is 495 Å². The molecule has 1 aliphatic carbocycles. The van der Waals surface area contributed by atoms with Crippen molar-refractivity contribution in [2.45, 2.75) is 91.9 Å². The zero-order valence-corrected chi connectivity index (χ0v) is 49.9. The molecule has 5 heterocycles. The topological polar surface area (TPSA) is 71.7 Å². The zero-order chi connectivity index (χ0) is 58.3. The largest absolute Gasteiger partial charge is 0.455 e. The number of nitrogens with zero attached hydrogens (tertiary/aromatic N) is 4. The number of aromatic nitrogens is 2. The number of anilines is 6. The van der Waals surface area contributed by atoms with E-state index < -0.39 is 5.41 Å². The summed E-state index contributed by atoms with van der Waals surface area (Å²) < 4.78 is 20.9. The van der Waals surface area contributed by atoms with E-state index >= 15 is 0 Å². The Morgan fingerprint density at radius 1 is 0.412 bits per heavy atom. The number of hydrogen-bond acceptors (Lipinski definition) is 7. The van der Waals surface area contributed by atoms with Gasteiger partial charge >= 0.3 is 0 Å². The van der Waals surface area contributed by atoms with E-state index in [9.17, 15) is 0 Å². The van der Waals surface area contributed by atoms with Crippen LogP contribution in [0.25, 0.3) is 99.2 Å². The minimum atomic E-state index is -0.487. The Morgan fingerprint density at radius 2 is 0.859 bits per heavy atom. The van der Waals surface area contributed by atoms with Crippen LogP contribution in [0.3, 0.4) is 0 Å². The molecule has 15 rings (SSSR count). The van der Waals surface area contributed by atoms with E-state index in [1.165, 1.54) is 22.3 Å². The van der Waals surface area contributed by atoms with Gasteiger partial charge in [0.05, 0.1) is 11.1 Å². The van der Waals surface area contributed by atoms with Crippen molar-refractivity contribution in [2.75, 3.05) is 9.80 Å². The Hall–Kier alpha value is -9.72. The third kappa shape index (κ3) is 8.22. The van der Waals surface area contributed by atoms with Gasteiger partial charge < -0.3 is 13.3 Å². The van der Waals surface area contributed by atoms with Crippen LogP contribution >= 0.6 is 0 Å². The van der Waals surface area contributed by atoms with Gasteiger partial charge in [-0.2, -0.15) is 0 Å². The fourth-order valence-electron chi connectivity index (χ4n) is 13.4. The van der Waals surface area contributed by atoms with Gasteiger partial charge in [-0.15, -0.1) is 0 Å². The summed E-state index contributed by atoms with van der Waals surface area (Å²) in [5.74, 6) is 1.60. The molecule has 0 bridgehead atoms. The quantitative estimate of drug-likeness (QED) is 0.143. The molecule has 0 saturated heterocycles. The second-order valence-electron chi connectivity index (χ2n) is 25.6. The van der Waals surface area contributed by atoms with Crippen LogP contribution in [0.15, 0.2) is 220 Å². The van der Waals surface area contributed by atoms with Crippen LogP contribution in [-0.4, -0.2) is 9.97 Å². The van der Waals surface area contributed by atoms with Gasteiger partial charge in [0.25, 0.3) is 0 Å². The molecule has 0 saturated carbocycles. The molecule has 0 N–H and O–H groups in total. The number of furan rings is 3. The number of benzene rings is 9. The normalized spacial score (nSPS) is 14.3. The molecule has 0 aliphatic heterocycles. The first kappa shape index (κ1) is 52.1. The smallest absolute Gasteiger partial charge is 0.145 e. The van der Waals surface area contributed by atoms with Crippen LogP contribution in [0, 0.1) is 13.8 Å². The third-order valence-electron chi connectivity index (χ3n) is 18.1. The average molecular weight is 1110 g/mol. The van der Waals surface area contributed by atoms with Crippen molar-refractivity contribution in [1.82, 2.24) is 9.97 Å². The van der Waals surface area contributed by atoms with Crippen molar-refractivity contribution in [2.24, 2.45) is 0 Å². The van der Waals surface area contributed by atoms with E-state index in [1.54, 1.807) is 0 Å². The second kappa shape index (κ2) is 19.2. The molecule has 1 atom stereocenters. The van der Waals surface area contributed by atoms with Gasteiger partial charge in [-0.25, -0.2) is 9.97 Å². The first-order valence-corrected chi connectivity index (χ1v) is 29.8. The van der Waals surface area contributed by atoms with Crippen molar-refractivity contribution in [3.05, 3.63) is 240 Å². The fourth-order valence-corrected chi connectivity index (χ4v) is 13.4. The first-order chi connectivity index (χ1) is 41.1. The Balaban J connectivity index is 0.974. The molecule has 7 nitrogen and oxygen atoms in total. The summed E-state index contributed by atoms with van der Waals surface area (Å²) in [5, 5.41) is 6.37. The summed E-state index contributed by atoms with van der Waals surface area (Å²) in [4.78, 5) is 15.7. The molecule has 7 heteroatoms. The van der Waals surface area contributed by atoms with E-state index in [-0.39, 0.29) is 10.8 Å². The van der Waals surface area contributed by atoms with Crippen molar-refractivity contribution in [3.63, 3.8) is 0 Å². The molecule has 1 unspecified atom stereocenters. The molecule has 9 aromatic carbocycles. The summed E-state index contributed by atoms with van der Waals surface area (Å²) in [6.07, 6.45) is 4.79. The van der Waals surface area contributed by atoms with Gasteiger partial charge in [-0.1, -0.05) is 177 Å². The van der Waals surface area contributed by atoms with E-state index in [2.05, 4.69) is 261 Å². The van der Waals surface area contributed by atoms with Crippen molar-refractivity contribution < 1.29 is 13.3 Å². The minimum absolute atomic E-state index is 0.0399. The van der Waals surface area contributed by atoms with Gasteiger partial charge in [-0.3, -0.25) is 9.80 Å². The summed E-state index contributed by atoms with van der Waals surface area (Å²) in [6.45, 7) is 22.6. The van der Waals surface area contributed by atoms with Gasteiger partial charge in [0, 0.05) is 89.6 Å². The molecular formula is C78H66N4O3. The van der Waals surface area contributed by atoms with Gasteiger partial charge in [-0.05, 0) is 143 Å². The maximum atomic E-state index is 7.34. The van der Waals surface area contributed by atoms with Crippen LogP contribution in [-0.2, 0) is 16.2 Å². The highest BCUT2D eigenvalue weighted by molar-refractivity contribution is 6.20. The number of hydrogen-bond donors (Lipinski definition) is 0. The third-order valence-corrected chi connectivity index (χ3v) is 18.1. The van der Waals surface area contributed by atoms with Gasteiger partial charge in [0.1, 0.15) is 45.1 Å². The number of aryl methyl sites for hydroxylation is 2. The summed E-state index contributed by atoms with van der Waals surface area (Å²) in [5.41, 5.74) is 21.6. The van der Waals surface area contributed by atoms with Gasteiger partial charge in [0.2, 0.25) is 0 Å². The van der Waals surface area contributed by atoms with Crippen LogP contribution in [0.4, 0.5) is 34.4 Å². The molecule has 85 heavy (non-hydrogen) atoms. The van der Waals surface area contributed by atoms with E-state index in [1.807, 2.05) is 24.5 Å². The molecular weight excluding hydrogens is 1040 g/mol. The standard InChI is InChI=1S/C78H66N4O3/c1-11-78(10)63-42-52(81(50-34-30-48(31-35-50)76(4,5)6)74-61(40-46(2)44-79-74)57-25-18-23-55-53-20-12-15-27-66(53)83-71(55)57)38-39-59(63)69-64(78)43-65(70-60-22-14-17-29-68(60)85-73(69)70)82(51-36-32-49(33-37-51)77(7,8)9)75-62(41-47(3)45-80-75)58-26-19-24-56-54-21-13-16-28-67(54)84-72(56)58/h12-45H,11H2,1-10H3. The SMILES string of the molecule is CCC1(C)c2cc(N(c3ccc(C(C)(C)C)cc3)c3ncc(C)cc3-c3cccc4c3oc3ccccc34)ccc2-c2c1cc(N(c1ccc(C(C)(C)C)cc1)c1ncc(C)cc1-c1cccc3c1oc1ccccc13)c1c2oc2ccccc21. The predicted octanol–water partition coefficient (Wildman–Crippen LogP) is 22.4. The molecule has 1 aliphatic rings. The Kier molecular flexibility index (Phi) is 11.7. The van der Waals surface area contributed by atoms with Crippen LogP contribution in [0.5, 0.6) is 0 Å². The molecule has 416 valence electrons. The lowest BCUT2D eigenvalue weighted by molar-refractivity contribution is 0.564. The molecule has 0 amide bonds. The fraction of sp³-hybridized carbons (Fsp3) is 0.179. The monoisotopic (exact) mass is 1110 g/mol. The predicted molar refractivity (Wildman–Crippen MR) is 353 cm³/mol. The second-order valence-corrected chi connectivity index (χ2v) is 25.6. The van der Waals surface area contributed by atoms with Crippen LogP contribution in [0.1, 0.15) is 95.2 Å². The minimum Gasteiger partial charge on any atom is -0.455 e. The zero-order valence-electron chi connectivity index (χ0n) is 49.9. The molecule has 0 spiro atoms. The lowest BCUT2D eigenvalue weighted by atomic mass is 9.77. The van der Waals surface area contributed by atoms with E-state index in [0.29, 0.717) is 0 Å². The molecule has 0 radical (unpaired) electrons. The van der Waals surface area contributed by atoms with Crippen molar-refractivity contribution in [1.29, 1.82) is 0 Å². The molecule has 14 aromatic rings. The van der Waals surface area contributed by atoms with Crippen LogP contribution in [0.2, 0.25) is 0 Å². The highest BCUT2D eigenvalue weighted by atomic mass is 16.3. The van der Waals surface area contributed by atoms with Gasteiger partial charge in [0.15, 0.2) is 0 Å².